The first kappa shape index (κ1) is 29.9. The molecule has 9 nitrogen and oxygen atoms in total. The second-order valence-corrected chi connectivity index (χ2v) is 13.4. The second-order valence-electron chi connectivity index (χ2n) is 11.0. The monoisotopic (exact) mass is 587 g/mol. The average Bonchev–Trinajstić information content (AvgIpc) is 2.91. The normalized spacial score (nSPS) is 14.8. The SMILES string of the molecule is CCCCC(C)(C)COc1c(N2CCN(S(=O)(=O)Cc3cccc(N)c3)CC2)cnn(-c2cccc(Cl)c2)c1=O. The number of hydrogen-bond donors (Lipinski definition) is 1. The highest BCUT2D eigenvalue weighted by Gasteiger charge is 2.30. The molecule has 2 heterocycles. The molecule has 1 aromatic heterocycles. The lowest BCUT2D eigenvalue weighted by Gasteiger charge is -2.36. The Morgan fingerprint density at radius 3 is 2.48 bits per heavy atom. The molecule has 40 heavy (non-hydrogen) atoms. The van der Waals surface area contributed by atoms with E-state index in [2.05, 4.69) is 25.9 Å². The minimum Gasteiger partial charge on any atom is -0.486 e. The van der Waals surface area contributed by atoms with Crippen molar-refractivity contribution in [3.8, 4) is 11.4 Å². The van der Waals surface area contributed by atoms with E-state index in [-0.39, 0.29) is 35.6 Å². The topological polar surface area (TPSA) is 111 Å². The molecule has 0 unspecified atom stereocenters. The largest absolute Gasteiger partial charge is 0.486 e. The van der Waals surface area contributed by atoms with Gasteiger partial charge in [0.2, 0.25) is 15.8 Å². The molecule has 1 saturated heterocycles. The lowest BCUT2D eigenvalue weighted by molar-refractivity contribution is 0.164. The van der Waals surface area contributed by atoms with Crippen LogP contribution in [-0.4, -0.2) is 55.3 Å². The molecular weight excluding hydrogens is 550 g/mol. The van der Waals surface area contributed by atoms with E-state index in [1.165, 1.54) is 8.99 Å². The molecule has 0 amide bonds. The molecule has 11 heteroatoms. The summed E-state index contributed by atoms with van der Waals surface area (Å²) in [4.78, 5) is 15.7. The van der Waals surface area contributed by atoms with Crippen molar-refractivity contribution in [3.63, 3.8) is 0 Å². The Bertz CT molecular complexity index is 1480. The maximum absolute atomic E-state index is 13.7. The number of piperazine rings is 1. The number of rotatable bonds is 11. The number of nitrogens with two attached hydrogens (primary N) is 1. The van der Waals surface area contributed by atoms with E-state index in [4.69, 9.17) is 22.1 Å². The summed E-state index contributed by atoms with van der Waals surface area (Å²) in [5, 5.41) is 4.93. The van der Waals surface area contributed by atoms with Crippen molar-refractivity contribution in [2.75, 3.05) is 43.4 Å². The maximum atomic E-state index is 13.7. The third-order valence-electron chi connectivity index (χ3n) is 7.05. The maximum Gasteiger partial charge on any atom is 0.316 e. The lowest BCUT2D eigenvalue weighted by atomic mass is 9.88. The van der Waals surface area contributed by atoms with Crippen LogP contribution in [0.25, 0.3) is 5.69 Å². The molecular formula is C29H38ClN5O4S. The molecule has 0 saturated carbocycles. The van der Waals surface area contributed by atoms with Crippen molar-refractivity contribution in [1.82, 2.24) is 14.1 Å². The van der Waals surface area contributed by atoms with Gasteiger partial charge >= 0.3 is 5.56 Å². The molecule has 4 rings (SSSR count). The van der Waals surface area contributed by atoms with Gasteiger partial charge in [-0.05, 0) is 47.7 Å². The summed E-state index contributed by atoms with van der Waals surface area (Å²) in [5.74, 6) is 0.0897. The van der Waals surface area contributed by atoms with E-state index < -0.39 is 10.0 Å². The fraction of sp³-hybridized carbons (Fsp3) is 0.448. The molecule has 1 fully saturated rings. The first-order chi connectivity index (χ1) is 19.0. The number of halogens is 1. The van der Waals surface area contributed by atoms with Crippen LogP contribution in [0.3, 0.4) is 0 Å². The van der Waals surface area contributed by atoms with E-state index in [0.717, 1.165) is 19.3 Å². The first-order valence-electron chi connectivity index (χ1n) is 13.6. The molecule has 1 aliphatic heterocycles. The number of anilines is 2. The van der Waals surface area contributed by atoms with Gasteiger partial charge in [0.25, 0.3) is 0 Å². The fourth-order valence-electron chi connectivity index (χ4n) is 4.77. The number of nitrogens with zero attached hydrogens (tertiary/aromatic N) is 4. The van der Waals surface area contributed by atoms with Gasteiger partial charge in [-0.1, -0.05) is 63.4 Å². The smallest absolute Gasteiger partial charge is 0.316 e. The molecule has 2 aromatic carbocycles. The molecule has 3 aromatic rings. The van der Waals surface area contributed by atoms with E-state index in [1.807, 2.05) is 4.90 Å². The molecule has 216 valence electrons. The van der Waals surface area contributed by atoms with Gasteiger partial charge in [0.15, 0.2) is 0 Å². The first-order valence-corrected chi connectivity index (χ1v) is 15.6. The van der Waals surface area contributed by atoms with Gasteiger partial charge in [-0.25, -0.2) is 8.42 Å². The van der Waals surface area contributed by atoms with Gasteiger partial charge in [-0.15, -0.1) is 0 Å². The summed E-state index contributed by atoms with van der Waals surface area (Å²) in [6, 6.07) is 13.9. The van der Waals surface area contributed by atoms with Crippen LogP contribution in [-0.2, 0) is 15.8 Å². The zero-order chi connectivity index (χ0) is 28.9. The number of unbranched alkanes of at least 4 members (excludes halogenated alkanes) is 1. The number of ether oxygens (including phenoxy) is 1. The van der Waals surface area contributed by atoms with Crippen LogP contribution in [0, 0.1) is 5.41 Å². The quantitative estimate of drug-likeness (QED) is 0.323. The summed E-state index contributed by atoms with van der Waals surface area (Å²) in [5.41, 5.74) is 7.59. The Balaban J connectivity index is 1.57. The predicted octanol–water partition coefficient (Wildman–Crippen LogP) is 4.72. The highest BCUT2D eigenvalue weighted by molar-refractivity contribution is 7.88. The van der Waals surface area contributed by atoms with Crippen molar-refractivity contribution in [2.45, 2.75) is 45.8 Å². The zero-order valence-electron chi connectivity index (χ0n) is 23.3. The Morgan fingerprint density at radius 1 is 1.07 bits per heavy atom. The number of sulfonamides is 1. The highest BCUT2D eigenvalue weighted by Crippen LogP contribution is 2.30. The number of hydrogen-bond acceptors (Lipinski definition) is 7. The van der Waals surface area contributed by atoms with Crippen molar-refractivity contribution < 1.29 is 13.2 Å². The summed E-state index contributed by atoms with van der Waals surface area (Å²) < 4.78 is 35.3. The fourth-order valence-corrected chi connectivity index (χ4v) is 6.46. The Labute approximate surface area is 241 Å². The molecule has 2 N–H and O–H groups in total. The van der Waals surface area contributed by atoms with Crippen molar-refractivity contribution in [2.24, 2.45) is 5.41 Å². The van der Waals surface area contributed by atoms with Crippen molar-refractivity contribution in [3.05, 3.63) is 75.7 Å². The van der Waals surface area contributed by atoms with Crippen LogP contribution in [0.1, 0.15) is 45.6 Å². The summed E-state index contributed by atoms with van der Waals surface area (Å²) in [6.45, 7) is 8.13. The molecule has 0 spiro atoms. The Hall–Kier alpha value is -3.08. The summed E-state index contributed by atoms with van der Waals surface area (Å²) in [6.07, 6.45) is 4.73. The van der Waals surface area contributed by atoms with Crippen LogP contribution >= 0.6 is 11.6 Å². The third kappa shape index (κ3) is 7.35. The molecule has 0 radical (unpaired) electrons. The van der Waals surface area contributed by atoms with Crippen LogP contribution in [0.2, 0.25) is 5.02 Å². The molecule has 0 atom stereocenters. The summed E-state index contributed by atoms with van der Waals surface area (Å²) >= 11 is 6.18. The van der Waals surface area contributed by atoms with Crippen molar-refractivity contribution >= 4 is 33.0 Å². The van der Waals surface area contributed by atoms with E-state index in [9.17, 15) is 13.2 Å². The van der Waals surface area contributed by atoms with Crippen LogP contribution in [0.5, 0.6) is 5.75 Å². The molecule has 0 aliphatic carbocycles. The minimum atomic E-state index is -3.54. The number of nitrogen functional groups attached to an aromatic ring is 1. The molecule has 0 bridgehead atoms. The van der Waals surface area contributed by atoms with Gasteiger partial charge in [0, 0.05) is 36.9 Å². The lowest BCUT2D eigenvalue weighted by Crippen LogP contribution is -2.49. The standard InChI is InChI=1S/C29H38ClN5O4S/c1-4-5-12-29(2,3)21-39-27-26(19-32-35(28(27)36)25-11-7-9-23(30)18-25)33-13-15-34(16-14-33)40(37,38)20-22-8-6-10-24(31)17-22/h6-11,17-19H,4-5,12-16,20-21,31H2,1-3H3. The van der Waals surface area contributed by atoms with Gasteiger partial charge in [0.05, 0.1) is 24.2 Å². The van der Waals surface area contributed by atoms with Crippen LogP contribution in [0.15, 0.2) is 59.5 Å². The van der Waals surface area contributed by atoms with Crippen molar-refractivity contribution in [1.29, 1.82) is 0 Å². The van der Waals surface area contributed by atoms with Gasteiger partial charge in [-0.2, -0.15) is 14.1 Å². The second kappa shape index (κ2) is 12.6. The van der Waals surface area contributed by atoms with E-state index >= 15 is 0 Å². The third-order valence-corrected chi connectivity index (χ3v) is 9.14. The zero-order valence-corrected chi connectivity index (χ0v) is 24.9. The highest BCUT2D eigenvalue weighted by atomic mass is 35.5. The van der Waals surface area contributed by atoms with Gasteiger partial charge < -0.3 is 15.4 Å². The predicted molar refractivity (Wildman–Crippen MR) is 161 cm³/mol. The van der Waals surface area contributed by atoms with Gasteiger partial charge in [-0.3, -0.25) is 4.79 Å². The van der Waals surface area contributed by atoms with E-state index in [1.54, 1.807) is 54.7 Å². The number of aromatic nitrogens is 2. The Kier molecular flexibility index (Phi) is 9.43. The van der Waals surface area contributed by atoms with Crippen LogP contribution in [0.4, 0.5) is 11.4 Å². The molecule has 1 aliphatic rings. The number of benzene rings is 2. The minimum absolute atomic E-state index is 0.115. The van der Waals surface area contributed by atoms with E-state index in [0.29, 0.717) is 47.3 Å². The Morgan fingerprint density at radius 2 is 1.80 bits per heavy atom. The summed E-state index contributed by atoms with van der Waals surface area (Å²) in [7, 11) is -3.54. The average molecular weight is 588 g/mol. The van der Waals surface area contributed by atoms with Crippen LogP contribution < -0.4 is 20.9 Å². The van der Waals surface area contributed by atoms with Gasteiger partial charge in [0.1, 0.15) is 5.69 Å².